The van der Waals surface area contributed by atoms with Gasteiger partial charge >= 0.3 is 5.97 Å². The molecule has 0 saturated carbocycles. The van der Waals surface area contributed by atoms with Gasteiger partial charge in [-0.15, -0.1) is 0 Å². The molecule has 1 aromatic carbocycles. The zero-order chi connectivity index (χ0) is 12.0. The van der Waals surface area contributed by atoms with Crippen LogP contribution in [0.25, 0.3) is 0 Å². The maximum Gasteiger partial charge on any atom is 0.335 e. The molecule has 86 valence electrons. The molecular formula is C13H16O3. The second-order valence-electron chi connectivity index (χ2n) is 3.57. The molecule has 0 aromatic heterocycles. The number of unbranched alkanes of at least 4 members (excludes halogenated alkanes) is 1. The zero-order valence-electron chi connectivity index (χ0n) is 9.40. The van der Waals surface area contributed by atoms with Crippen LogP contribution in [0.4, 0.5) is 0 Å². The lowest BCUT2D eigenvalue weighted by atomic mass is 10.2. The van der Waals surface area contributed by atoms with Gasteiger partial charge in [0.25, 0.3) is 0 Å². The molecule has 0 saturated heterocycles. The van der Waals surface area contributed by atoms with E-state index >= 15 is 0 Å². The maximum absolute atomic E-state index is 10.6. The van der Waals surface area contributed by atoms with E-state index in [4.69, 9.17) is 9.84 Å². The molecule has 0 spiro atoms. The Morgan fingerprint density at radius 2 is 2.00 bits per heavy atom. The third-order valence-corrected chi connectivity index (χ3v) is 2.17. The van der Waals surface area contributed by atoms with Crippen molar-refractivity contribution in [1.29, 1.82) is 0 Å². The first kappa shape index (κ1) is 12.3. The largest absolute Gasteiger partial charge is 0.478 e. The Kier molecular flexibility index (Phi) is 4.58. The number of carboxylic acids is 1. The summed E-state index contributed by atoms with van der Waals surface area (Å²) < 4.78 is 5.46. The van der Waals surface area contributed by atoms with Gasteiger partial charge in [0.05, 0.1) is 11.3 Å². The number of hydrogen-bond donors (Lipinski definition) is 1. The molecule has 0 unspecified atom stereocenters. The number of hydrogen-bond acceptors (Lipinski definition) is 2. The Morgan fingerprint density at radius 3 is 2.50 bits per heavy atom. The fraction of sp³-hybridized carbons (Fsp3) is 0.308. The smallest absolute Gasteiger partial charge is 0.335 e. The van der Waals surface area contributed by atoms with Gasteiger partial charge in [0, 0.05) is 6.42 Å². The van der Waals surface area contributed by atoms with Gasteiger partial charge in [-0.05, 0) is 30.7 Å². The first-order valence-electron chi connectivity index (χ1n) is 5.32. The minimum Gasteiger partial charge on any atom is -0.478 e. The van der Waals surface area contributed by atoms with Crippen LogP contribution in [0.3, 0.4) is 0 Å². The molecule has 0 heterocycles. The number of ether oxygens (including phenoxy) is 1. The predicted octanol–water partition coefficient (Wildman–Crippen LogP) is 3.47. The lowest BCUT2D eigenvalue weighted by Crippen LogP contribution is -1.97. The fourth-order valence-electron chi connectivity index (χ4n) is 1.26. The fourth-order valence-corrected chi connectivity index (χ4v) is 1.26. The molecule has 0 bridgehead atoms. The third kappa shape index (κ3) is 3.77. The van der Waals surface area contributed by atoms with Crippen LogP contribution >= 0.6 is 0 Å². The van der Waals surface area contributed by atoms with Crippen molar-refractivity contribution < 1.29 is 14.6 Å². The van der Waals surface area contributed by atoms with Crippen molar-refractivity contribution in [3.63, 3.8) is 0 Å². The normalized spacial score (nSPS) is 9.81. The van der Waals surface area contributed by atoms with E-state index in [0.29, 0.717) is 11.5 Å². The summed E-state index contributed by atoms with van der Waals surface area (Å²) in [7, 11) is 0. The summed E-state index contributed by atoms with van der Waals surface area (Å²) >= 11 is 0. The van der Waals surface area contributed by atoms with Crippen molar-refractivity contribution >= 4 is 5.97 Å². The molecule has 0 amide bonds. The monoisotopic (exact) mass is 220 g/mol. The quantitative estimate of drug-likeness (QED) is 0.747. The summed E-state index contributed by atoms with van der Waals surface area (Å²) in [5, 5.41) is 8.72. The van der Waals surface area contributed by atoms with E-state index in [0.717, 1.165) is 19.3 Å². The lowest BCUT2D eigenvalue weighted by molar-refractivity contribution is 0.0697. The number of aromatic carboxylic acids is 1. The molecule has 3 nitrogen and oxygen atoms in total. The Hall–Kier alpha value is -1.77. The van der Waals surface area contributed by atoms with Gasteiger partial charge in [-0.3, -0.25) is 0 Å². The van der Waals surface area contributed by atoms with E-state index in [9.17, 15) is 4.79 Å². The summed E-state index contributed by atoms with van der Waals surface area (Å²) in [5.74, 6) is 0.410. The average Bonchev–Trinajstić information content (AvgIpc) is 2.27. The lowest BCUT2D eigenvalue weighted by Gasteiger charge is -2.08. The Balaban J connectivity index is 2.55. The van der Waals surface area contributed by atoms with Crippen LogP contribution in [0, 0.1) is 0 Å². The van der Waals surface area contributed by atoms with Crippen LogP contribution in [0.5, 0.6) is 5.75 Å². The van der Waals surface area contributed by atoms with Crippen molar-refractivity contribution in [2.75, 3.05) is 0 Å². The van der Waals surface area contributed by atoms with E-state index < -0.39 is 5.97 Å². The Labute approximate surface area is 95.4 Å². The zero-order valence-corrected chi connectivity index (χ0v) is 9.40. The average molecular weight is 220 g/mol. The summed E-state index contributed by atoms with van der Waals surface area (Å²) in [5.41, 5.74) is 0.256. The van der Waals surface area contributed by atoms with E-state index in [1.807, 2.05) is 0 Å². The standard InChI is InChI=1S/C13H16O3/c1-3-4-5-10(2)16-12-8-6-11(7-9-12)13(14)15/h6-9H,2-5H2,1H3,(H,14,15). The topological polar surface area (TPSA) is 46.5 Å². The molecular weight excluding hydrogens is 204 g/mol. The van der Waals surface area contributed by atoms with E-state index in [1.54, 1.807) is 12.1 Å². The summed E-state index contributed by atoms with van der Waals surface area (Å²) in [6.45, 7) is 5.91. The van der Waals surface area contributed by atoms with Crippen LogP contribution < -0.4 is 4.74 Å². The first-order chi connectivity index (χ1) is 7.63. The second kappa shape index (κ2) is 5.95. The van der Waals surface area contributed by atoms with Crippen LogP contribution in [0.2, 0.25) is 0 Å². The first-order valence-corrected chi connectivity index (χ1v) is 5.32. The molecule has 3 heteroatoms. The highest BCUT2D eigenvalue weighted by atomic mass is 16.5. The molecule has 0 fully saturated rings. The Morgan fingerprint density at radius 1 is 1.38 bits per heavy atom. The van der Waals surface area contributed by atoms with Crippen LogP contribution in [-0.2, 0) is 0 Å². The summed E-state index contributed by atoms with van der Waals surface area (Å²) in [4.78, 5) is 10.6. The van der Waals surface area contributed by atoms with Gasteiger partial charge in [0.2, 0.25) is 0 Å². The number of rotatable bonds is 6. The second-order valence-corrected chi connectivity index (χ2v) is 3.57. The molecule has 0 aliphatic carbocycles. The molecule has 0 aliphatic rings. The highest BCUT2D eigenvalue weighted by Crippen LogP contribution is 2.17. The van der Waals surface area contributed by atoms with Gasteiger partial charge in [-0.25, -0.2) is 4.79 Å². The van der Waals surface area contributed by atoms with E-state index in [1.165, 1.54) is 12.1 Å². The molecule has 1 aromatic rings. The number of allylic oxidation sites excluding steroid dienone is 1. The van der Waals surface area contributed by atoms with Gasteiger partial charge < -0.3 is 9.84 Å². The van der Waals surface area contributed by atoms with Gasteiger partial charge in [0.15, 0.2) is 0 Å². The summed E-state index contributed by atoms with van der Waals surface area (Å²) in [6, 6.07) is 6.32. The van der Waals surface area contributed by atoms with Gasteiger partial charge in [-0.2, -0.15) is 0 Å². The van der Waals surface area contributed by atoms with E-state index in [-0.39, 0.29) is 5.56 Å². The number of benzene rings is 1. The van der Waals surface area contributed by atoms with Crippen LogP contribution in [0.15, 0.2) is 36.6 Å². The third-order valence-electron chi connectivity index (χ3n) is 2.17. The highest BCUT2D eigenvalue weighted by Gasteiger charge is 2.03. The number of carbonyl (C=O) groups is 1. The van der Waals surface area contributed by atoms with Crippen molar-refractivity contribution in [2.45, 2.75) is 26.2 Å². The predicted molar refractivity (Wildman–Crippen MR) is 62.7 cm³/mol. The van der Waals surface area contributed by atoms with Crippen LogP contribution in [-0.4, -0.2) is 11.1 Å². The Bertz CT molecular complexity index is 365. The van der Waals surface area contributed by atoms with E-state index in [2.05, 4.69) is 13.5 Å². The van der Waals surface area contributed by atoms with Crippen molar-refractivity contribution in [3.8, 4) is 5.75 Å². The van der Waals surface area contributed by atoms with Crippen molar-refractivity contribution in [1.82, 2.24) is 0 Å². The molecule has 0 aliphatic heterocycles. The molecule has 1 N–H and O–H groups in total. The van der Waals surface area contributed by atoms with Crippen molar-refractivity contribution in [2.24, 2.45) is 0 Å². The molecule has 1 rings (SSSR count). The highest BCUT2D eigenvalue weighted by molar-refractivity contribution is 5.87. The van der Waals surface area contributed by atoms with Crippen molar-refractivity contribution in [3.05, 3.63) is 42.2 Å². The molecule has 0 radical (unpaired) electrons. The minimum absolute atomic E-state index is 0.256. The van der Waals surface area contributed by atoms with Gasteiger partial charge in [-0.1, -0.05) is 19.9 Å². The number of carboxylic acid groups (broad SMARTS) is 1. The van der Waals surface area contributed by atoms with Crippen LogP contribution in [0.1, 0.15) is 36.5 Å². The summed E-state index contributed by atoms with van der Waals surface area (Å²) in [6.07, 6.45) is 2.98. The van der Waals surface area contributed by atoms with Gasteiger partial charge in [0.1, 0.15) is 5.75 Å². The molecule has 16 heavy (non-hydrogen) atoms. The SMILES string of the molecule is C=C(CCCC)Oc1ccc(C(=O)O)cc1. The maximum atomic E-state index is 10.6. The molecule has 0 atom stereocenters. The minimum atomic E-state index is -0.934.